The zero-order valence-electron chi connectivity index (χ0n) is 19.0. The molecule has 1 unspecified atom stereocenters. The minimum absolute atomic E-state index is 0. The Morgan fingerprint density at radius 1 is 1.19 bits per heavy atom. The van der Waals surface area contributed by atoms with Gasteiger partial charge < -0.3 is 15.4 Å². The monoisotopic (exact) mass is 541 g/mol. The molecule has 9 heteroatoms. The molecule has 0 saturated carbocycles. The molecule has 0 amide bonds. The second kappa shape index (κ2) is 13.0. The maximum absolute atomic E-state index is 5.51. The second-order valence-electron chi connectivity index (χ2n) is 7.90. The molecule has 3 rings (SSSR count). The lowest BCUT2D eigenvalue weighted by molar-refractivity contribution is 0.00752. The normalized spacial score (nSPS) is 16.1. The molecule has 172 valence electrons. The number of rotatable bonds is 8. The quantitative estimate of drug-likeness (QED) is 0.304. The van der Waals surface area contributed by atoms with Gasteiger partial charge in [0, 0.05) is 50.8 Å². The van der Waals surface area contributed by atoms with Gasteiger partial charge in [-0.3, -0.25) is 9.47 Å². The number of halogens is 1. The van der Waals surface area contributed by atoms with E-state index in [9.17, 15) is 0 Å². The van der Waals surface area contributed by atoms with E-state index in [4.69, 9.17) is 9.73 Å². The molecule has 31 heavy (non-hydrogen) atoms. The van der Waals surface area contributed by atoms with Crippen molar-refractivity contribution in [3.05, 3.63) is 42.1 Å². The molecule has 3 heterocycles. The number of hydrogen-bond donors (Lipinski definition) is 2. The topological polar surface area (TPSA) is 79.6 Å². The van der Waals surface area contributed by atoms with Crippen LogP contribution in [0.1, 0.15) is 32.2 Å². The molecule has 2 aromatic heterocycles. The summed E-state index contributed by atoms with van der Waals surface area (Å²) in [6, 6.07) is 4.53. The van der Waals surface area contributed by atoms with Gasteiger partial charge in [0.15, 0.2) is 5.96 Å². The maximum Gasteiger partial charge on any atom is 0.191 e. The van der Waals surface area contributed by atoms with Crippen molar-refractivity contribution >= 4 is 29.9 Å². The van der Waals surface area contributed by atoms with Crippen LogP contribution in [0.2, 0.25) is 0 Å². The number of nitrogens with one attached hydrogen (secondary N) is 2. The zero-order chi connectivity index (χ0) is 21.3. The number of nitrogens with zero attached hydrogens (tertiary/aromatic N) is 5. The standard InChI is InChI=1S/C22H35N7O.HI/c1-5-23-22(27-16-20(17(2)3)28-10-12-30-13-11-28)26-15-19-6-7-21(25-14-19)29-9-8-24-18(29)4;/h6-9,14,17,20H,5,10-13,15-16H2,1-4H3,(H2,23,26,27);1H. The lowest BCUT2D eigenvalue weighted by atomic mass is 10.0. The van der Waals surface area contributed by atoms with Gasteiger partial charge in [-0.1, -0.05) is 19.9 Å². The summed E-state index contributed by atoms with van der Waals surface area (Å²) in [5.74, 6) is 3.19. The van der Waals surface area contributed by atoms with Gasteiger partial charge in [-0.2, -0.15) is 0 Å². The first-order valence-corrected chi connectivity index (χ1v) is 10.9. The SMILES string of the molecule is CCNC(=NCc1ccc(-n2ccnc2C)nc1)NCC(C(C)C)N1CCOCC1.I. The van der Waals surface area contributed by atoms with Crippen LogP contribution in [0, 0.1) is 12.8 Å². The summed E-state index contributed by atoms with van der Waals surface area (Å²) in [5, 5.41) is 6.89. The molecular weight excluding hydrogens is 505 g/mol. The molecule has 2 aromatic rings. The third-order valence-corrected chi connectivity index (χ3v) is 5.41. The van der Waals surface area contributed by atoms with Gasteiger partial charge in [-0.15, -0.1) is 24.0 Å². The van der Waals surface area contributed by atoms with E-state index in [-0.39, 0.29) is 24.0 Å². The maximum atomic E-state index is 5.51. The van der Waals surface area contributed by atoms with Crippen molar-refractivity contribution in [2.75, 3.05) is 39.4 Å². The Hall–Kier alpha value is -1.72. The Labute approximate surface area is 202 Å². The summed E-state index contributed by atoms with van der Waals surface area (Å²) >= 11 is 0. The number of morpholine rings is 1. The second-order valence-corrected chi connectivity index (χ2v) is 7.90. The van der Waals surface area contributed by atoms with E-state index in [1.54, 1.807) is 6.20 Å². The van der Waals surface area contributed by atoms with E-state index >= 15 is 0 Å². The van der Waals surface area contributed by atoms with Gasteiger partial charge in [-0.25, -0.2) is 15.0 Å². The van der Waals surface area contributed by atoms with Gasteiger partial charge in [0.05, 0.1) is 19.8 Å². The molecule has 0 spiro atoms. The van der Waals surface area contributed by atoms with Crippen molar-refractivity contribution in [3.63, 3.8) is 0 Å². The number of guanidine groups is 1. The Morgan fingerprint density at radius 3 is 2.55 bits per heavy atom. The fraction of sp³-hybridized carbons (Fsp3) is 0.591. The van der Waals surface area contributed by atoms with Gasteiger partial charge in [0.1, 0.15) is 11.6 Å². The summed E-state index contributed by atoms with van der Waals surface area (Å²) in [7, 11) is 0. The molecule has 1 atom stereocenters. The predicted octanol–water partition coefficient (Wildman–Crippen LogP) is 2.61. The van der Waals surface area contributed by atoms with Crippen LogP contribution in [0.25, 0.3) is 5.82 Å². The molecule has 1 aliphatic rings. The number of imidazole rings is 1. The lowest BCUT2D eigenvalue weighted by Crippen LogP contribution is -2.52. The molecule has 0 radical (unpaired) electrons. The van der Waals surface area contributed by atoms with Crippen LogP contribution in [0.5, 0.6) is 0 Å². The molecule has 0 aromatic carbocycles. The van der Waals surface area contributed by atoms with Crippen molar-refractivity contribution < 1.29 is 4.74 Å². The van der Waals surface area contributed by atoms with Gasteiger partial charge in [0.25, 0.3) is 0 Å². The van der Waals surface area contributed by atoms with Crippen molar-refractivity contribution in [2.45, 2.75) is 40.3 Å². The number of hydrogen-bond acceptors (Lipinski definition) is 5. The number of aromatic nitrogens is 3. The predicted molar refractivity (Wildman–Crippen MR) is 135 cm³/mol. The Kier molecular flexibility index (Phi) is 10.7. The highest BCUT2D eigenvalue weighted by Crippen LogP contribution is 2.12. The first-order chi connectivity index (χ1) is 14.6. The lowest BCUT2D eigenvalue weighted by Gasteiger charge is -2.37. The van der Waals surface area contributed by atoms with Gasteiger partial charge in [-0.05, 0) is 31.4 Å². The summed E-state index contributed by atoms with van der Waals surface area (Å²) in [4.78, 5) is 16.1. The number of aliphatic imine (C=N–C) groups is 1. The summed E-state index contributed by atoms with van der Waals surface area (Å²) < 4.78 is 7.48. The van der Waals surface area contributed by atoms with Gasteiger partial charge >= 0.3 is 0 Å². The molecular formula is C22H36IN7O. The van der Waals surface area contributed by atoms with E-state index in [2.05, 4.69) is 52.3 Å². The summed E-state index contributed by atoms with van der Waals surface area (Å²) in [6.07, 6.45) is 5.58. The smallest absolute Gasteiger partial charge is 0.191 e. The molecule has 0 aliphatic carbocycles. The number of aryl methyl sites for hydroxylation is 1. The van der Waals surface area contributed by atoms with Crippen LogP contribution in [-0.2, 0) is 11.3 Å². The highest BCUT2D eigenvalue weighted by molar-refractivity contribution is 14.0. The van der Waals surface area contributed by atoms with Crippen LogP contribution < -0.4 is 10.6 Å². The number of pyridine rings is 1. The average molecular weight is 541 g/mol. The molecule has 0 bridgehead atoms. The highest BCUT2D eigenvalue weighted by atomic mass is 127. The first kappa shape index (κ1) is 25.5. The van der Waals surface area contributed by atoms with Crippen molar-refractivity contribution in [1.82, 2.24) is 30.1 Å². The zero-order valence-corrected chi connectivity index (χ0v) is 21.4. The van der Waals surface area contributed by atoms with Crippen LogP contribution in [-0.4, -0.2) is 70.8 Å². The van der Waals surface area contributed by atoms with Crippen LogP contribution >= 0.6 is 24.0 Å². The van der Waals surface area contributed by atoms with Crippen molar-refractivity contribution in [1.29, 1.82) is 0 Å². The van der Waals surface area contributed by atoms with E-state index < -0.39 is 0 Å². The number of ether oxygens (including phenoxy) is 1. The summed E-state index contributed by atoms with van der Waals surface area (Å²) in [6.45, 7) is 14.5. The minimum Gasteiger partial charge on any atom is -0.379 e. The van der Waals surface area contributed by atoms with E-state index in [0.29, 0.717) is 18.5 Å². The molecule has 1 saturated heterocycles. The first-order valence-electron chi connectivity index (χ1n) is 10.9. The van der Waals surface area contributed by atoms with E-state index in [1.807, 2.05) is 30.0 Å². The fourth-order valence-electron chi connectivity index (χ4n) is 3.68. The molecule has 8 nitrogen and oxygen atoms in total. The minimum atomic E-state index is 0. The molecule has 1 fully saturated rings. The largest absolute Gasteiger partial charge is 0.379 e. The van der Waals surface area contributed by atoms with Crippen LogP contribution in [0.4, 0.5) is 0 Å². The average Bonchev–Trinajstić information content (AvgIpc) is 3.19. The van der Waals surface area contributed by atoms with Crippen LogP contribution in [0.3, 0.4) is 0 Å². The fourth-order valence-corrected chi connectivity index (χ4v) is 3.68. The summed E-state index contributed by atoms with van der Waals surface area (Å²) in [5.41, 5.74) is 1.07. The van der Waals surface area contributed by atoms with Crippen LogP contribution in [0.15, 0.2) is 35.7 Å². The third kappa shape index (κ3) is 7.43. The molecule has 1 aliphatic heterocycles. The van der Waals surface area contributed by atoms with Gasteiger partial charge in [0.2, 0.25) is 0 Å². The van der Waals surface area contributed by atoms with E-state index in [0.717, 1.165) is 62.6 Å². The Bertz CT molecular complexity index is 800. The Balaban J connectivity index is 0.00000341. The Morgan fingerprint density at radius 2 is 1.97 bits per heavy atom. The highest BCUT2D eigenvalue weighted by Gasteiger charge is 2.23. The van der Waals surface area contributed by atoms with Crippen molar-refractivity contribution in [3.8, 4) is 5.82 Å². The van der Waals surface area contributed by atoms with Crippen molar-refractivity contribution in [2.24, 2.45) is 10.9 Å². The molecule has 2 N–H and O–H groups in total. The third-order valence-electron chi connectivity index (χ3n) is 5.41. The van der Waals surface area contributed by atoms with E-state index in [1.165, 1.54) is 0 Å².